The minimum atomic E-state index is -0.549. The molecule has 20 heavy (non-hydrogen) atoms. The molecule has 0 aliphatic heterocycles. The molecule has 1 aliphatic rings. The van der Waals surface area contributed by atoms with Crippen molar-refractivity contribution < 1.29 is 19.3 Å². The lowest BCUT2D eigenvalue weighted by Crippen LogP contribution is -2.28. The van der Waals surface area contributed by atoms with Crippen molar-refractivity contribution in [1.82, 2.24) is 0 Å². The highest BCUT2D eigenvalue weighted by Crippen LogP contribution is 2.44. The maximum absolute atomic E-state index is 10.2. The van der Waals surface area contributed by atoms with Crippen molar-refractivity contribution in [3.63, 3.8) is 0 Å². The summed E-state index contributed by atoms with van der Waals surface area (Å²) in [4.78, 5) is 0. The molecule has 2 rings (SSSR count). The SMILES string of the molecule is COc1ccc([C@H](N)[C@H](O)C2CC2)c(OC)c1OC.Cl. The number of aliphatic hydroxyl groups excluding tert-OH is 1. The zero-order chi connectivity index (χ0) is 14.0. The first kappa shape index (κ1) is 16.9. The number of hydrogen-bond donors (Lipinski definition) is 2. The van der Waals surface area contributed by atoms with Gasteiger partial charge in [-0.2, -0.15) is 0 Å². The number of ether oxygens (including phenoxy) is 3. The Kier molecular flexibility index (Phi) is 5.92. The Morgan fingerprint density at radius 2 is 1.70 bits per heavy atom. The van der Waals surface area contributed by atoms with Crippen molar-refractivity contribution in [2.24, 2.45) is 11.7 Å². The van der Waals surface area contributed by atoms with Gasteiger partial charge in [-0.1, -0.05) is 0 Å². The Labute approximate surface area is 125 Å². The second-order valence-corrected chi connectivity index (χ2v) is 4.78. The first-order valence-electron chi connectivity index (χ1n) is 6.36. The highest BCUT2D eigenvalue weighted by molar-refractivity contribution is 5.85. The molecule has 1 saturated carbocycles. The van der Waals surface area contributed by atoms with Gasteiger partial charge in [0.25, 0.3) is 0 Å². The molecule has 0 unspecified atom stereocenters. The van der Waals surface area contributed by atoms with Crippen LogP contribution in [-0.4, -0.2) is 32.5 Å². The van der Waals surface area contributed by atoms with Crippen molar-refractivity contribution in [3.8, 4) is 17.2 Å². The van der Waals surface area contributed by atoms with Crippen LogP contribution in [0.25, 0.3) is 0 Å². The zero-order valence-corrected chi connectivity index (χ0v) is 12.8. The molecule has 6 heteroatoms. The van der Waals surface area contributed by atoms with Crippen molar-refractivity contribution in [1.29, 1.82) is 0 Å². The molecule has 0 heterocycles. The van der Waals surface area contributed by atoms with Crippen LogP contribution in [0.1, 0.15) is 24.4 Å². The maximum Gasteiger partial charge on any atom is 0.203 e. The van der Waals surface area contributed by atoms with Crippen LogP contribution in [0, 0.1) is 5.92 Å². The molecule has 1 fully saturated rings. The van der Waals surface area contributed by atoms with Crippen LogP contribution in [0.5, 0.6) is 17.2 Å². The Morgan fingerprint density at radius 1 is 1.10 bits per heavy atom. The molecule has 1 aromatic carbocycles. The van der Waals surface area contributed by atoms with E-state index in [9.17, 15) is 5.11 Å². The number of rotatable bonds is 6. The zero-order valence-electron chi connectivity index (χ0n) is 12.0. The van der Waals surface area contributed by atoms with E-state index in [1.165, 1.54) is 0 Å². The molecule has 0 radical (unpaired) electrons. The summed E-state index contributed by atoms with van der Waals surface area (Å²) in [5.74, 6) is 1.90. The largest absolute Gasteiger partial charge is 0.493 e. The molecule has 0 bridgehead atoms. The van der Waals surface area contributed by atoms with E-state index in [1.54, 1.807) is 27.4 Å². The van der Waals surface area contributed by atoms with Gasteiger partial charge in [-0.05, 0) is 30.9 Å². The van der Waals surface area contributed by atoms with Gasteiger partial charge in [0.1, 0.15) is 0 Å². The fourth-order valence-corrected chi connectivity index (χ4v) is 2.30. The molecule has 0 spiro atoms. The maximum atomic E-state index is 10.2. The second-order valence-electron chi connectivity index (χ2n) is 4.78. The number of halogens is 1. The molecule has 0 aromatic heterocycles. The van der Waals surface area contributed by atoms with Crippen LogP contribution in [0.4, 0.5) is 0 Å². The summed E-state index contributed by atoms with van der Waals surface area (Å²) in [5, 5.41) is 10.2. The topological polar surface area (TPSA) is 73.9 Å². The summed E-state index contributed by atoms with van der Waals surface area (Å²) < 4.78 is 15.9. The molecule has 114 valence electrons. The standard InChI is InChI=1S/C14H21NO4.ClH/c1-17-10-7-6-9(13(18-2)14(10)19-3)11(15)12(16)8-4-5-8;/h6-8,11-12,16H,4-5,15H2,1-3H3;1H/t11-,12+;/m0./s1. The third kappa shape index (κ3) is 3.11. The van der Waals surface area contributed by atoms with E-state index in [2.05, 4.69) is 0 Å². The van der Waals surface area contributed by atoms with Crippen molar-refractivity contribution in [3.05, 3.63) is 17.7 Å². The smallest absolute Gasteiger partial charge is 0.203 e. The summed E-state index contributed by atoms with van der Waals surface area (Å²) in [7, 11) is 4.67. The average Bonchev–Trinajstić information content (AvgIpc) is 3.28. The number of nitrogens with two attached hydrogens (primary N) is 1. The molecule has 0 amide bonds. The Balaban J connectivity index is 0.00000200. The predicted molar refractivity (Wildman–Crippen MR) is 79.0 cm³/mol. The number of methoxy groups -OCH3 is 3. The highest BCUT2D eigenvalue weighted by Gasteiger charge is 2.36. The average molecular weight is 304 g/mol. The van der Waals surface area contributed by atoms with E-state index in [1.807, 2.05) is 6.07 Å². The molecular weight excluding hydrogens is 282 g/mol. The third-order valence-corrected chi connectivity index (χ3v) is 3.57. The summed E-state index contributed by atoms with van der Waals surface area (Å²) in [5.41, 5.74) is 6.88. The van der Waals surface area contributed by atoms with Gasteiger partial charge < -0.3 is 25.1 Å². The van der Waals surface area contributed by atoms with Gasteiger partial charge in [0.2, 0.25) is 5.75 Å². The van der Waals surface area contributed by atoms with Crippen molar-refractivity contribution in [2.45, 2.75) is 25.0 Å². The summed E-state index contributed by atoms with van der Waals surface area (Å²) in [6, 6.07) is 3.11. The first-order chi connectivity index (χ1) is 9.13. The normalized spacial score (nSPS) is 16.9. The predicted octanol–water partition coefficient (Wildman–Crippen LogP) is 1.90. The van der Waals surface area contributed by atoms with Crippen LogP contribution >= 0.6 is 12.4 Å². The van der Waals surface area contributed by atoms with Crippen LogP contribution in [-0.2, 0) is 0 Å². The Bertz CT molecular complexity index is 451. The lowest BCUT2D eigenvalue weighted by molar-refractivity contribution is 0.121. The lowest BCUT2D eigenvalue weighted by Gasteiger charge is -2.23. The van der Waals surface area contributed by atoms with Gasteiger partial charge in [0.05, 0.1) is 33.5 Å². The molecule has 3 N–H and O–H groups in total. The number of benzene rings is 1. The van der Waals surface area contributed by atoms with Gasteiger partial charge in [-0.3, -0.25) is 0 Å². The van der Waals surface area contributed by atoms with E-state index in [4.69, 9.17) is 19.9 Å². The molecule has 5 nitrogen and oxygen atoms in total. The molecule has 0 saturated heterocycles. The van der Waals surface area contributed by atoms with Crippen LogP contribution in [0.2, 0.25) is 0 Å². The quantitative estimate of drug-likeness (QED) is 0.839. The number of aliphatic hydroxyl groups is 1. The van der Waals surface area contributed by atoms with Crippen molar-refractivity contribution >= 4 is 12.4 Å². The number of hydrogen-bond acceptors (Lipinski definition) is 5. The second kappa shape index (κ2) is 7.02. The van der Waals surface area contributed by atoms with Gasteiger partial charge >= 0.3 is 0 Å². The van der Waals surface area contributed by atoms with E-state index in [0.717, 1.165) is 18.4 Å². The van der Waals surface area contributed by atoms with E-state index in [-0.39, 0.29) is 12.4 Å². The molecular formula is C14H22ClNO4. The molecule has 2 atom stereocenters. The van der Waals surface area contributed by atoms with Crippen LogP contribution in [0.3, 0.4) is 0 Å². The fourth-order valence-electron chi connectivity index (χ4n) is 2.30. The summed E-state index contributed by atoms with van der Waals surface area (Å²) in [6.07, 6.45) is 1.52. The van der Waals surface area contributed by atoms with Gasteiger partial charge in [0.15, 0.2) is 11.5 Å². The van der Waals surface area contributed by atoms with Gasteiger partial charge in [0, 0.05) is 5.56 Å². The van der Waals surface area contributed by atoms with E-state index < -0.39 is 12.1 Å². The molecule has 1 aromatic rings. The summed E-state index contributed by atoms with van der Waals surface area (Å²) >= 11 is 0. The van der Waals surface area contributed by atoms with Crippen LogP contribution in [0.15, 0.2) is 12.1 Å². The molecule has 1 aliphatic carbocycles. The van der Waals surface area contributed by atoms with E-state index >= 15 is 0 Å². The Morgan fingerprint density at radius 3 is 2.15 bits per heavy atom. The van der Waals surface area contributed by atoms with Crippen molar-refractivity contribution in [2.75, 3.05) is 21.3 Å². The third-order valence-electron chi connectivity index (χ3n) is 3.57. The summed E-state index contributed by atoms with van der Waals surface area (Å²) in [6.45, 7) is 0. The van der Waals surface area contributed by atoms with E-state index in [0.29, 0.717) is 23.2 Å². The Hall–Kier alpha value is -1.17. The monoisotopic (exact) mass is 303 g/mol. The van der Waals surface area contributed by atoms with Gasteiger partial charge in [-0.15, -0.1) is 12.4 Å². The minimum absolute atomic E-state index is 0. The highest BCUT2D eigenvalue weighted by atomic mass is 35.5. The van der Waals surface area contributed by atoms with Gasteiger partial charge in [-0.25, -0.2) is 0 Å². The lowest BCUT2D eigenvalue weighted by atomic mass is 9.97. The fraction of sp³-hybridized carbons (Fsp3) is 0.571. The minimum Gasteiger partial charge on any atom is -0.493 e. The van der Waals surface area contributed by atoms with Crippen LogP contribution < -0.4 is 19.9 Å². The first-order valence-corrected chi connectivity index (χ1v) is 6.36.